The van der Waals surface area contributed by atoms with Crippen molar-refractivity contribution in [3.63, 3.8) is 0 Å². The molecule has 0 saturated heterocycles. The maximum Gasteiger partial charge on any atom is 0.511 e. The summed E-state index contributed by atoms with van der Waals surface area (Å²) < 4.78 is 4.31. The van der Waals surface area contributed by atoms with Crippen molar-refractivity contribution in [3.8, 4) is 5.75 Å². The van der Waals surface area contributed by atoms with E-state index in [9.17, 15) is 9.59 Å². The third kappa shape index (κ3) is 2.76. The molecule has 1 N–H and O–H groups in total. The van der Waals surface area contributed by atoms with E-state index in [2.05, 4.69) is 4.74 Å². The Kier molecular flexibility index (Phi) is 2.87. The van der Waals surface area contributed by atoms with Crippen molar-refractivity contribution in [2.45, 2.75) is 0 Å². The summed E-state index contributed by atoms with van der Waals surface area (Å²) in [5.41, 5.74) is 0.291. The van der Waals surface area contributed by atoms with E-state index < -0.39 is 11.4 Å². The van der Waals surface area contributed by atoms with Gasteiger partial charge in [0, 0.05) is 5.56 Å². The first-order valence-electron chi connectivity index (χ1n) is 3.30. The molecule has 68 valence electrons. The number of hydrogen-bond acceptors (Lipinski definition) is 3. The Morgan fingerprint density at radius 1 is 1.23 bits per heavy atom. The van der Waals surface area contributed by atoms with Crippen molar-refractivity contribution in [2.24, 2.45) is 0 Å². The molecule has 1 aromatic rings. The second kappa shape index (κ2) is 3.91. The van der Waals surface area contributed by atoms with Crippen LogP contribution in [-0.2, 0) is 0 Å². The molecule has 4 nitrogen and oxygen atoms in total. The number of hydrogen-bond donors (Lipinski definition) is 1. The summed E-state index contributed by atoms with van der Waals surface area (Å²) in [4.78, 5) is 20.7. The highest BCUT2D eigenvalue weighted by Gasteiger charge is 2.03. The Labute approximate surface area is 78.7 Å². The van der Waals surface area contributed by atoms with Gasteiger partial charge in [-0.2, -0.15) is 0 Å². The van der Waals surface area contributed by atoms with Crippen LogP contribution in [0.1, 0.15) is 10.4 Å². The van der Waals surface area contributed by atoms with Gasteiger partial charge in [-0.15, -0.1) is 0 Å². The van der Waals surface area contributed by atoms with Gasteiger partial charge in [0.25, 0.3) is 5.24 Å². The van der Waals surface area contributed by atoms with Gasteiger partial charge in [0.1, 0.15) is 5.75 Å². The van der Waals surface area contributed by atoms with Gasteiger partial charge in [0.15, 0.2) is 0 Å². The van der Waals surface area contributed by atoms with Gasteiger partial charge >= 0.3 is 6.16 Å². The molecule has 0 amide bonds. The molecule has 0 saturated carbocycles. The molecular formula is C8H5ClO4. The number of carboxylic acid groups (broad SMARTS) is 1. The smallest absolute Gasteiger partial charge is 0.449 e. The van der Waals surface area contributed by atoms with Gasteiger partial charge in [-0.3, -0.25) is 4.79 Å². The fraction of sp³-hybridized carbons (Fsp3) is 0. The van der Waals surface area contributed by atoms with E-state index in [1.54, 1.807) is 0 Å². The van der Waals surface area contributed by atoms with Crippen LogP contribution in [0.25, 0.3) is 0 Å². The highest BCUT2D eigenvalue weighted by molar-refractivity contribution is 6.67. The third-order valence-electron chi connectivity index (χ3n) is 1.29. The molecule has 0 radical (unpaired) electrons. The first kappa shape index (κ1) is 9.54. The minimum Gasteiger partial charge on any atom is -0.449 e. The maximum atomic E-state index is 10.6. The average Bonchev–Trinajstić information content (AvgIpc) is 2.04. The molecule has 0 aliphatic carbocycles. The number of halogens is 1. The lowest BCUT2D eigenvalue weighted by Gasteiger charge is -1.98. The largest absolute Gasteiger partial charge is 0.511 e. The van der Waals surface area contributed by atoms with Crippen molar-refractivity contribution in [2.75, 3.05) is 0 Å². The molecule has 0 unspecified atom stereocenters. The summed E-state index contributed by atoms with van der Waals surface area (Å²) in [6.07, 6.45) is -1.40. The Bertz CT molecular complexity index is 331. The lowest BCUT2D eigenvalue weighted by Crippen LogP contribution is -2.02. The summed E-state index contributed by atoms with van der Waals surface area (Å²) in [6, 6.07) is 5.47. The van der Waals surface area contributed by atoms with Crippen molar-refractivity contribution in [1.82, 2.24) is 0 Å². The highest BCUT2D eigenvalue weighted by atomic mass is 35.5. The summed E-state index contributed by atoms with van der Waals surface area (Å²) in [5.74, 6) is 0.147. The van der Waals surface area contributed by atoms with E-state index in [4.69, 9.17) is 16.7 Å². The Balaban J connectivity index is 2.81. The monoisotopic (exact) mass is 200 g/mol. The van der Waals surface area contributed by atoms with Crippen LogP contribution in [0.3, 0.4) is 0 Å². The molecule has 1 rings (SSSR count). The lowest BCUT2D eigenvalue weighted by molar-refractivity contribution is 0.108. The zero-order chi connectivity index (χ0) is 9.84. The van der Waals surface area contributed by atoms with E-state index in [0.29, 0.717) is 5.56 Å². The standard InChI is InChI=1S/C8H5ClO4/c9-7(10)5-1-3-6(4-2-5)13-8(11)12/h1-4H,(H,11,12). The van der Waals surface area contributed by atoms with Crippen LogP contribution in [0.15, 0.2) is 24.3 Å². The number of rotatable bonds is 2. The van der Waals surface area contributed by atoms with Crippen LogP contribution in [0, 0.1) is 0 Å². The molecule has 0 heterocycles. The van der Waals surface area contributed by atoms with Crippen molar-refractivity contribution in [3.05, 3.63) is 29.8 Å². The minimum absolute atomic E-state index is 0.147. The van der Waals surface area contributed by atoms with Gasteiger partial charge in [-0.25, -0.2) is 4.79 Å². The summed E-state index contributed by atoms with van der Waals surface area (Å²) >= 11 is 5.17. The van der Waals surface area contributed by atoms with Gasteiger partial charge in [-0.1, -0.05) is 0 Å². The van der Waals surface area contributed by atoms with E-state index in [1.807, 2.05) is 0 Å². The van der Waals surface area contributed by atoms with Crippen molar-refractivity contribution >= 4 is 23.0 Å². The topological polar surface area (TPSA) is 63.6 Å². The van der Waals surface area contributed by atoms with E-state index in [0.717, 1.165) is 0 Å². The second-order valence-electron chi connectivity index (χ2n) is 2.17. The third-order valence-corrected chi connectivity index (χ3v) is 1.50. The molecule has 0 fully saturated rings. The van der Waals surface area contributed by atoms with Crippen LogP contribution in [0.5, 0.6) is 5.75 Å². The van der Waals surface area contributed by atoms with Gasteiger partial charge < -0.3 is 9.84 Å². The van der Waals surface area contributed by atoms with Crippen molar-refractivity contribution in [1.29, 1.82) is 0 Å². The molecule has 0 aliphatic heterocycles. The number of ether oxygens (including phenoxy) is 1. The Morgan fingerprint density at radius 3 is 2.15 bits per heavy atom. The number of carbonyl (C=O) groups excluding carboxylic acids is 1. The predicted octanol–water partition coefficient (Wildman–Crippen LogP) is 2.12. The summed E-state index contributed by atoms with van der Waals surface area (Å²) in [5, 5.41) is 7.63. The summed E-state index contributed by atoms with van der Waals surface area (Å²) in [7, 11) is 0. The quantitative estimate of drug-likeness (QED) is 0.451. The Morgan fingerprint density at radius 2 is 1.77 bits per heavy atom. The van der Waals surface area contributed by atoms with E-state index in [1.165, 1.54) is 24.3 Å². The number of carbonyl (C=O) groups is 2. The first-order valence-corrected chi connectivity index (χ1v) is 3.68. The highest BCUT2D eigenvalue weighted by Crippen LogP contribution is 2.13. The normalized spacial score (nSPS) is 9.31. The molecule has 5 heteroatoms. The molecule has 13 heavy (non-hydrogen) atoms. The zero-order valence-corrected chi connectivity index (χ0v) is 7.12. The van der Waals surface area contributed by atoms with Crippen LogP contribution >= 0.6 is 11.6 Å². The Hall–Kier alpha value is -1.55. The second-order valence-corrected chi connectivity index (χ2v) is 2.51. The van der Waals surface area contributed by atoms with Crippen LogP contribution in [-0.4, -0.2) is 16.5 Å². The van der Waals surface area contributed by atoms with Gasteiger partial charge in [-0.05, 0) is 35.9 Å². The van der Waals surface area contributed by atoms with E-state index in [-0.39, 0.29) is 5.75 Å². The SMILES string of the molecule is O=C(O)Oc1ccc(C(=O)Cl)cc1. The lowest BCUT2D eigenvalue weighted by atomic mass is 10.2. The molecule has 0 aromatic heterocycles. The molecule has 0 bridgehead atoms. The average molecular weight is 201 g/mol. The maximum absolute atomic E-state index is 10.6. The fourth-order valence-corrected chi connectivity index (χ4v) is 0.881. The van der Waals surface area contributed by atoms with Crippen molar-refractivity contribution < 1.29 is 19.4 Å². The van der Waals surface area contributed by atoms with Crippen LogP contribution in [0.4, 0.5) is 4.79 Å². The van der Waals surface area contributed by atoms with Crippen LogP contribution in [0.2, 0.25) is 0 Å². The summed E-state index contributed by atoms with van der Waals surface area (Å²) in [6.45, 7) is 0. The number of benzene rings is 1. The van der Waals surface area contributed by atoms with Crippen LogP contribution < -0.4 is 4.74 Å². The molecule has 1 aromatic carbocycles. The fourth-order valence-electron chi connectivity index (χ4n) is 0.755. The van der Waals surface area contributed by atoms with Gasteiger partial charge in [0.2, 0.25) is 0 Å². The molecular weight excluding hydrogens is 196 g/mol. The minimum atomic E-state index is -1.40. The van der Waals surface area contributed by atoms with E-state index >= 15 is 0 Å². The first-order chi connectivity index (χ1) is 6.09. The molecule has 0 aliphatic rings. The zero-order valence-electron chi connectivity index (χ0n) is 6.36. The predicted molar refractivity (Wildman–Crippen MR) is 45.3 cm³/mol. The molecule has 0 atom stereocenters. The molecule has 0 spiro atoms. The van der Waals surface area contributed by atoms with Gasteiger partial charge in [0.05, 0.1) is 0 Å².